The van der Waals surface area contributed by atoms with E-state index in [0.717, 1.165) is 9.21 Å². The lowest BCUT2D eigenvalue weighted by atomic mass is 10.2. The number of carboxylic acid groups (broad SMARTS) is 1. The van der Waals surface area contributed by atoms with Crippen molar-refractivity contribution in [1.29, 1.82) is 0 Å². The molecule has 1 unspecified atom stereocenters. The second kappa shape index (κ2) is 6.23. The summed E-state index contributed by atoms with van der Waals surface area (Å²) in [6.45, 7) is 1.39. The van der Waals surface area contributed by atoms with Crippen molar-refractivity contribution >= 4 is 21.9 Å². The van der Waals surface area contributed by atoms with E-state index >= 15 is 0 Å². The summed E-state index contributed by atoms with van der Waals surface area (Å²) in [5.41, 5.74) is 0.225. The minimum atomic E-state index is -3.56. The van der Waals surface area contributed by atoms with Gasteiger partial charge in [-0.25, -0.2) is 17.5 Å². The number of carbonyl (C=O) groups excluding carboxylic acids is 1. The standard InChI is InChI=1S/C13H18N2O5S/c1-9(13(17)18)15(4)12(16)10-5-7-11(8-6-10)21(19,20)14(2)3/h5-9H,1-4H3,(H,17,18). The van der Waals surface area contributed by atoms with Crippen LogP contribution < -0.4 is 0 Å². The van der Waals surface area contributed by atoms with Crippen molar-refractivity contribution in [2.45, 2.75) is 17.9 Å². The third-order valence-electron chi connectivity index (χ3n) is 3.14. The van der Waals surface area contributed by atoms with Crippen LogP contribution in [0.3, 0.4) is 0 Å². The Labute approximate surface area is 123 Å². The van der Waals surface area contributed by atoms with E-state index in [2.05, 4.69) is 0 Å². The second-order valence-electron chi connectivity index (χ2n) is 4.74. The Kier molecular flexibility index (Phi) is 5.08. The molecule has 1 rings (SSSR count). The first kappa shape index (κ1) is 17.1. The van der Waals surface area contributed by atoms with E-state index in [-0.39, 0.29) is 10.5 Å². The Morgan fingerprint density at radius 2 is 1.57 bits per heavy atom. The van der Waals surface area contributed by atoms with Gasteiger partial charge >= 0.3 is 5.97 Å². The van der Waals surface area contributed by atoms with Gasteiger partial charge in [0.05, 0.1) is 4.90 Å². The van der Waals surface area contributed by atoms with Crippen molar-refractivity contribution in [3.05, 3.63) is 29.8 Å². The molecule has 0 bridgehead atoms. The zero-order valence-electron chi connectivity index (χ0n) is 12.3. The van der Waals surface area contributed by atoms with E-state index in [1.807, 2.05) is 0 Å². The first-order valence-electron chi connectivity index (χ1n) is 6.11. The van der Waals surface area contributed by atoms with Crippen LogP contribution in [-0.2, 0) is 14.8 Å². The summed E-state index contributed by atoms with van der Waals surface area (Å²) < 4.78 is 24.9. The van der Waals surface area contributed by atoms with Crippen LogP contribution in [0.25, 0.3) is 0 Å². The lowest BCUT2D eigenvalue weighted by Gasteiger charge is -2.21. The molecule has 0 saturated carbocycles. The average Bonchev–Trinajstić information content (AvgIpc) is 2.44. The molecular formula is C13H18N2O5S. The summed E-state index contributed by atoms with van der Waals surface area (Å²) in [5.74, 6) is -1.60. The third kappa shape index (κ3) is 3.59. The number of amides is 1. The number of hydrogen-bond acceptors (Lipinski definition) is 4. The highest BCUT2D eigenvalue weighted by atomic mass is 32.2. The first-order valence-corrected chi connectivity index (χ1v) is 7.55. The molecule has 21 heavy (non-hydrogen) atoms. The van der Waals surface area contributed by atoms with Crippen LogP contribution in [0.5, 0.6) is 0 Å². The van der Waals surface area contributed by atoms with Gasteiger partial charge in [0, 0.05) is 26.7 Å². The summed E-state index contributed by atoms with van der Waals surface area (Å²) in [5, 5.41) is 8.88. The van der Waals surface area contributed by atoms with Crippen molar-refractivity contribution in [2.24, 2.45) is 0 Å². The SMILES string of the molecule is CC(C(=O)O)N(C)C(=O)c1ccc(S(=O)(=O)N(C)C)cc1. The van der Waals surface area contributed by atoms with Crippen LogP contribution in [-0.4, -0.2) is 61.8 Å². The maximum absolute atomic E-state index is 12.1. The minimum Gasteiger partial charge on any atom is -0.480 e. The number of aliphatic carboxylic acids is 1. The fourth-order valence-electron chi connectivity index (χ4n) is 1.53. The average molecular weight is 314 g/mol. The van der Waals surface area contributed by atoms with Gasteiger partial charge in [0.2, 0.25) is 10.0 Å². The molecule has 1 aromatic carbocycles. The topological polar surface area (TPSA) is 95.0 Å². The van der Waals surface area contributed by atoms with Crippen molar-refractivity contribution < 1.29 is 23.1 Å². The molecule has 1 aromatic rings. The molecule has 1 amide bonds. The number of sulfonamides is 1. The maximum Gasteiger partial charge on any atom is 0.326 e. The van der Waals surface area contributed by atoms with Gasteiger partial charge in [0.1, 0.15) is 6.04 Å². The van der Waals surface area contributed by atoms with E-state index in [1.165, 1.54) is 52.3 Å². The number of benzene rings is 1. The van der Waals surface area contributed by atoms with Gasteiger partial charge in [-0.15, -0.1) is 0 Å². The van der Waals surface area contributed by atoms with Gasteiger partial charge in [-0.3, -0.25) is 4.79 Å². The first-order chi connectivity index (χ1) is 9.59. The lowest BCUT2D eigenvalue weighted by molar-refractivity contribution is -0.141. The van der Waals surface area contributed by atoms with E-state index in [9.17, 15) is 18.0 Å². The smallest absolute Gasteiger partial charge is 0.326 e. The van der Waals surface area contributed by atoms with Crippen LogP contribution in [0, 0.1) is 0 Å². The summed E-state index contributed by atoms with van der Waals surface area (Å²) in [6, 6.07) is 4.40. The second-order valence-corrected chi connectivity index (χ2v) is 6.89. The molecule has 1 N–H and O–H groups in total. The number of rotatable bonds is 5. The Bertz CT molecular complexity index is 637. The molecule has 0 fully saturated rings. The quantitative estimate of drug-likeness (QED) is 0.853. The Morgan fingerprint density at radius 1 is 1.10 bits per heavy atom. The summed E-state index contributed by atoms with van der Waals surface area (Å²) >= 11 is 0. The highest BCUT2D eigenvalue weighted by Gasteiger charge is 2.23. The van der Waals surface area contributed by atoms with Crippen molar-refractivity contribution in [3.63, 3.8) is 0 Å². The van der Waals surface area contributed by atoms with Crippen molar-refractivity contribution in [2.75, 3.05) is 21.1 Å². The lowest BCUT2D eigenvalue weighted by Crippen LogP contribution is -2.40. The zero-order chi connectivity index (χ0) is 16.4. The molecule has 0 aromatic heterocycles. The molecule has 8 heteroatoms. The van der Waals surface area contributed by atoms with Gasteiger partial charge in [-0.1, -0.05) is 0 Å². The molecular weight excluding hydrogens is 296 g/mol. The van der Waals surface area contributed by atoms with Gasteiger partial charge in [0.25, 0.3) is 5.91 Å². The molecule has 0 aliphatic heterocycles. The predicted octanol–water partition coefficient (Wildman–Crippen LogP) is 0.482. The molecule has 0 radical (unpaired) electrons. The van der Waals surface area contributed by atoms with E-state index in [4.69, 9.17) is 5.11 Å². The molecule has 7 nitrogen and oxygen atoms in total. The number of carbonyl (C=O) groups is 2. The molecule has 0 heterocycles. The Hall–Kier alpha value is -1.93. The monoisotopic (exact) mass is 314 g/mol. The Balaban J connectivity index is 3.03. The number of nitrogens with zero attached hydrogens (tertiary/aromatic N) is 2. The van der Waals surface area contributed by atoms with Crippen LogP contribution in [0.1, 0.15) is 17.3 Å². The summed E-state index contributed by atoms with van der Waals surface area (Å²) in [4.78, 5) is 24.1. The van der Waals surface area contributed by atoms with Crippen molar-refractivity contribution in [3.8, 4) is 0 Å². The number of carboxylic acids is 1. The fraction of sp³-hybridized carbons (Fsp3) is 0.385. The molecule has 0 aliphatic carbocycles. The maximum atomic E-state index is 12.1. The molecule has 0 saturated heterocycles. The largest absolute Gasteiger partial charge is 0.480 e. The number of hydrogen-bond donors (Lipinski definition) is 1. The Morgan fingerprint density at radius 3 is 1.95 bits per heavy atom. The van der Waals surface area contributed by atoms with E-state index in [0.29, 0.717) is 0 Å². The van der Waals surface area contributed by atoms with E-state index in [1.54, 1.807) is 0 Å². The van der Waals surface area contributed by atoms with Gasteiger partial charge in [-0.05, 0) is 31.2 Å². The zero-order valence-corrected chi connectivity index (χ0v) is 13.1. The summed E-state index contributed by atoms with van der Waals surface area (Å²) in [7, 11) is 0.652. The predicted molar refractivity (Wildman–Crippen MR) is 76.5 cm³/mol. The molecule has 116 valence electrons. The van der Waals surface area contributed by atoms with Gasteiger partial charge in [-0.2, -0.15) is 0 Å². The summed E-state index contributed by atoms with van der Waals surface area (Å²) in [6.07, 6.45) is 0. The molecule has 0 aliphatic rings. The van der Waals surface area contributed by atoms with Gasteiger partial charge in [0.15, 0.2) is 0 Å². The van der Waals surface area contributed by atoms with Crippen LogP contribution in [0.15, 0.2) is 29.2 Å². The van der Waals surface area contributed by atoms with Crippen LogP contribution in [0.4, 0.5) is 0 Å². The highest BCUT2D eigenvalue weighted by molar-refractivity contribution is 7.89. The number of likely N-dealkylation sites (N-methyl/N-ethyl adjacent to an activating group) is 1. The van der Waals surface area contributed by atoms with E-state index < -0.39 is 27.9 Å². The molecule has 1 atom stereocenters. The van der Waals surface area contributed by atoms with Crippen molar-refractivity contribution in [1.82, 2.24) is 9.21 Å². The normalized spacial score (nSPS) is 13.0. The highest BCUT2D eigenvalue weighted by Crippen LogP contribution is 2.15. The van der Waals surface area contributed by atoms with Gasteiger partial charge < -0.3 is 10.0 Å². The molecule has 0 spiro atoms. The third-order valence-corrected chi connectivity index (χ3v) is 4.97. The minimum absolute atomic E-state index is 0.0676. The van der Waals surface area contributed by atoms with Crippen LogP contribution >= 0.6 is 0 Å². The van der Waals surface area contributed by atoms with Crippen LogP contribution in [0.2, 0.25) is 0 Å². The fourth-order valence-corrected chi connectivity index (χ4v) is 2.43.